The molecule has 2 fully saturated rings. The highest BCUT2D eigenvalue weighted by Crippen LogP contribution is 2.35. The average Bonchev–Trinajstić information content (AvgIpc) is 2.98. The van der Waals surface area contributed by atoms with Gasteiger partial charge in [-0.25, -0.2) is 0 Å². The molecule has 2 unspecified atom stereocenters. The Kier molecular flexibility index (Phi) is 4.06. The molecule has 17 heavy (non-hydrogen) atoms. The zero-order valence-electron chi connectivity index (χ0n) is 11.2. The second-order valence-electron chi connectivity index (χ2n) is 5.72. The molecule has 2 rings (SSSR count). The molecular weight excluding hydrogens is 210 g/mol. The second kappa shape index (κ2) is 5.37. The first-order valence-corrected chi connectivity index (χ1v) is 7.09. The van der Waals surface area contributed by atoms with E-state index in [1.807, 2.05) is 0 Å². The van der Waals surface area contributed by atoms with Gasteiger partial charge in [0.1, 0.15) is 5.54 Å². The number of nitrogens with one attached hydrogen (secondary N) is 1. The Bertz CT molecular complexity index is 290. The second-order valence-corrected chi connectivity index (χ2v) is 5.72. The summed E-state index contributed by atoms with van der Waals surface area (Å²) >= 11 is 0. The zero-order valence-corrected chi connectivity index (χ0v) is 11.2. The van der Waals surface area contributed by atoms with Gasteiger partial charge in [-0.05, 0) is 45.7 Å². The Balaban J connectivity index is 1.94. The van der Waals surface area contributed by atoms with Gasteiger partial charge in [0.05, 0.1) is 6.07 Å². The molecule has 96 valence electrons. The maximum Gasteiger partial charge on any atom is 0.108 e. The van der Waals surface area contributed by atoms with Crippen molar-refractivity contribution in [2.45, 2.75) is 69.5 Å². The molecule has 0 aromatic carbocycles. The Morgan fingerprint density at radius 2 is 2.00 bits per heavy atom. The van der Waals surface area contributed by atoms with E-state index in [1.54, 1.807) is 0 Å². The normalized spacial score (nSPS) is 34.4. The van der Waals surface area contributed by atoms with Crippen molar-refractivity contribution < 1.29 is 0 Å². The Morgan fingerprint density at radius 1 is 1.29 bits per heavy atom. The van der Waals surface area contributed by atoms with Gasteiger partial charge in [-0.2, -0.15) is 5.26 Å². The van der Waals surface area contributed by atoms with Crippen LogP contribution in [0.4, 0.5) is 0 Å². The van der Waals surface area contributed by atoms with Crippen LogP contribution < -0.4 is 5.32 Å². The SMILES string of the molecule is CCNC1(C#N)CCC(N(C)C2CCCC2)C1. The fourth-order valence-electron chi connectivity index (χ4n) is 3.62. The van der Waals surface area contributed by atoms with Crippen LogP contribution in [0.1, 0.15) is 51.9 Å². The van der Waals surface area contributed by atoms with Crippen LogP contribution in [-0.4, -0.2) is 36.1 Å². The summed E-state index contributed by atoms with van der Waals surface area (Å²) in [5, 5.41) is 12.8. The van der Waals surface area contributed by atoms with E-state index in [0.29, 0.717) is 6.04 Å². The van der Waals surface area contributed by atoms with Crippen molar-refractivity contribution in [1.29, 1.82) is 5.26 Å². The van der Waals surface area contributed by atoms with Gasteiger partial charge in [-0.1, -0.05) is 19.8 Å². The van der Waals surface area contributed by atoms with Crippen LogP contribution in [0, 0.1) is 11.3 Å². The molecule has 0 heterocycles. The van der Waals surface area contributed by atoms with E-state index in [2.05, 4.69) is 30.3 Å². The molecule has 0 aromatic rings. The molecule has 2 aliphatic carbocycles. The molecule has 1 N–H and O–H groups in total. The summed E-state index contributed by atoms with van der Waals surface area (Å²) in [4.78, 5) is 2.56. The highest BCUT2D eigenvalue weighted by molar-refractivity contribution is 5.13. The Hall–Kier alpha value is -0.590. The standard InChI is InChI=1S/C14H25N3/c1-3-16-14(11-15)9-8-13(10-14)17(2)12-6-4-5-7-12/h12-13,16H,3-10H2,1-2H3. The van der Waals surface area contributed by atoms with Gasteiger partial charge in [0.25, 0.3) is 0 Å². The van der Waals surface area contributed by atoms with E-state index in [9.17, 15) is 5.26 Å². The van der Waals surface area contributed by atoms with Gasteiger partial charge >= 0.3 is 0 Å². The quantitative estimate of drug-likeness (QED) is 0.812. The van der Waals surface area contributed by atoms with E-state index in [0.717, 1.165) is 25.4 Å². The molecule has 0 bridgehead atoms. The van der Waals surface area contributed by atoms with Crippen molar-refractivity contribution in [1.82, 2.24) is 10.2 Å². The van der Waals surface area contributed by atoms with Gasteiger partial charge < -0.3 is 4.90 Å². The number of rotatable bonds is 4. The van der Waals surface area contributed by atoms with Crippen LogP contribution in [0.2, 0.25) is 0 Å². The highest BCUT2D eigenvalue weighted by atomic mass is 15.2. The van der Waals surface area contributed by atoms with Gasteiger partial charge in [0, 0.05) is 12.1 Å². The van der Waals surface area contributed by atoms with Crippen molar-refractivity contribution in [3.05, 3.63) is 0 Å². The Morgan fingerprint density at radius 3 is 2.59 bits per heavy atom. The van der Waals surface area contributed by atoms with Crippen LogP contribution in [0.15, 0.2) is 0 Å². The van der Waals surface area contributed by atoms with Crippen LogP contribution in [0.5, 0.6) is 0 Å². The van der Waals surface area contributed by atoms with Crippen molar-refractivity contribution in [2.75, 3.05) is 13.6 Å². The van der Waals surface area contributed by atoms with E-state index < -0.39 is 0 Å². The predicted octanol–water partition coefficient (Wildman–Crippen LogP) is 2.29. The summed E-state index contributed by atoms with van der Waals surface area (Å²) < 4.78 is 0. The molecular formula is C14H25N3. The lowest BCUT2D eigenvalue weighted by Gasteiger charge is -2.31. The maximum atomic E-state index is 9.38. The highest BCUT2D eigenvalue weighted by Gasteiger charge is 2.41. The first-order chi connectivity index (χ1) is 8.21. The third-order valence-electron chi connectivity index (χ3n) is 4.69. The van der Waals surface area contributed by atoms with E-state index in [-0.39, 0.29) is 5.54 Å². The monoisotopic (exact) mass is 235 g/mol. The van der Waals surface area contributed by atoms with Crippen molar-refractivity contribution >= 4 is 0 Å². The average molecular weight is 235 g/mol. The fraction of sp³-hybridized carbons (Fsp3) is 0.929. The summed E-state index contributed by atoms with van der Waals surface area (Å²) in [5.74, 6) is 0. The van der Waals surface area contributed by atoms with Crippen molar-refractivity contribution in [3.63, 3.8) is 0 Å². The molecule has 0 aromatic heterocycles. The minimum absolute atomic E-state index is 0.244. The van der Waals surface area contributed by atoms with Crippen LogP contribution in [0.25, 0.3) is 0 Å². The first-order valence-electron chi connectivity index (χ1n) is 7.09. The summed E-state index contributed by atoms with van der Waals surface area (Å²) in [6.45, 7) is 2.99. The van der Waals surface area contributed by atoms with E-state index in [4.69, 9.17) is 0 Å². The summed E-state index contributed by atoms with van der Waals surface area (Å²) in [6, 6.07) is 3.90. The first kappa shape index (κ1) is 12.9. The zero-order chi connectivity index (χ0) is 12.3. The number of nitrogens with zero attached hydrogens (tertiary/aromatic N) is 2. The minimum Gasteiger partial charge on any atom is -0.300 e. The molecule has 2 aliphatic rings. The lowest BCUT2D eigenvalue weighted by atomic mass is 9.99. The summed E-state index contributed by atoms with van der Waals surface area (Å²) in [5.41, 5.74) is -0.244. The molecule has 3 heteroatoms. The molecule has 0 saturated heterocycles. The fourth-order valence-corrected chi connectivity index (χ4v) is 3.62. The van der Waals surface area contributed by atoms with Gasteiger partial charge in [-0.15, -0.1) is 0 Å². The van der Waals surface area contributed by atoms with Gasteiger partial charge in [-0.3, -0.25) is 5.32 Å². The summed E-state index contributed by atoms with van der Waals surface area (Å²) in [6.07, 6.45) is 8.68. The van der Waals surface area contributed by atoms with E-state index in [1.165, 1.54) is 32.1 Å². The molecule has 2 saturated carbocycles. The van der Waals surface area contributed by atoms with Gasteiger partial charge in [0.2, 0.25) is 0 Å². The van der Waals surface area contributed by atoms with Gasteiger partial charge in [0.15, 0.2) is 0 Å². The lowest BCUT2D eigenvalue weighted by molar-refractivity contribution is 0.172. The minimum atomic E-state index is -0.244. The topological polar surface area (TPSA) is 39.1 Å². The maximum absolute atomic E-state index is 9.38. The van der Waals surface area contributed by atoms with Crippen LogP contribution in [0.3, 0.4) is 0 Å². The number of nitriles is 1. The molecule has 0 radical (unpaired) electrons. The van der Waals surface area contributed by atoms with E-state index >= 15 is 0 Å². The molecule has 2 atom stereocenters. The van der Waals surface area contributed by atoms with Crippen molar-refractivity contribution in [2.24, 2.45) is 0 Å². The van der Waals surface area contributed by atoms with Crippen molar-refractivity contribution in [3.8, 4) is 6.07 Å². The van der Waals surface area contributed by atoms with Crippen LogP contribution in [-0.2, 0) is 0 Å². The predicted molar refractivity (Wildman–Crippen MR) is 69.7 cm³/mol. The number of hydrogen-bond acceptors (Lipinski definition) is 3. The summed E-state index contributed by atoms with van der Waals surface area (Å²) in [7, 11) is 2.26. The molecule has 0 spiro atoms. The third-order valence-corrected chi connectivity index (χ3v) is 4.69. The smallest absolute Gasteiger partial charge is 0.108 e. The van der Waals surface area contributed by atoms with Crippen LogP contribution >= 0.6 is 0 Å². The third kappa shape index (κ3) is 2.64. The number of hydrogen-bond donors (Lipinski definition) is 1. The molecule has 3 nitrogen and oxygen atoms in total. The molecule has 0 amide bonds. The lowest BCUT2D eigenvalue weighted by Crippen LogP contribution is -2.44. The largest absolute Gasteiger partial charge is 0.300 e. The Labute approximate surface area is 105 Å². The molecule has 0 aliphatic heterocycles.